The van der Waals surface area contributed by atoms with Gasteiger partial charge >= 0.3 is 0 Å². The summed E-state index contributed by atoms with van der Waals surface area (Å²) in [5.41, 5.74) is 3.22. The molecule has 0 bridgehead atoms. The highest BCUT2D eigenvalue weighted by Crippen LogP contribution is 2.48. The van der Waals surface area contributed by atoms with E-state index in [-0.39, 0.29) is 12.0 Å². The molecule has 0 aromatic heterocycles. The van der Waals surface area contributed by atoms with Gasteiger partial charge in [0.15, 0.2) is 0 Å². The molecule has 0 saturated heterocycles. The highest BCUT2D eigenvalue weighted by Gasteiger charge is 2.37. The van der Waals surface area contributed by atoms with E-state index in [1.54, 1.807) is 0 Å². The van der Waals surface area contributed by atoms with Crippen LogP contribution >= 0.6 is 0 Å². The Bertz CT molecular complexity index is 234. The SMILES string of the molecule is CC1=C(CO)C(C)(C)CC(C)(C)C1. The maximum absolute atomic E-state index is 9.31. The van der Waals surface area contributed by atoms with Crippen LogP contribution < -0.4 is 0 Å². The lowest BCUT2D eigenvalue weighted by Gasteiger charge is -2.43. The normalized spacial score (nSPS) is 26.3. The number of rotatable bonds is 1. The fraction of sp³-hybridized carbons (Fsp3) is 0.833. The number of hydrogen-bond acceptors (Lipinski definition) is 1. The van der Waals surface area contributed by atoms with Crippen LogP contribution in [0, 0.1) is 10.8 Å². The molecule has 1 rings (SSSR count). The highest BCUT2D eigenvalue weighted by atomic mass is 16.3. The zero-order valence-corrected chi connectivity index (χ0v) is 9.57. The van der Waals surface area contributed by atoms with Crippen molar-refractivity contribution in [3.63, 3.8) is 0 Å². The summed E-state index contributed by atoms with van der Waals surface area (Å²) in [6.45, 7) is 11.5. The molecule has 0 saturated carbocycles. The molecule has 1 heteroatoms. The number of aliphatic hydroxyl groups is 1. The first kappa shape index (κ1) is 10.8. The van der Waals surface area contributed by atoms with Crippen LogP contribution in [0.25, 0.3) is 0 Å². The van der Waals surface area contributed by atoms with E-state index in [0.29, 0.717) is 5.41 Å². The van der Waals surface area contributed by atoms with E-state index in [9.17, 15) is 5.11 Å². The molecule has 1 N–H and O–H groups in total. The third-order valence-corrected chi connectivity index (χ3v) is 3.15. The molecule has 0 atom stereocenters. The Hall–Kier alpha value is -0.300. The highest BCUT2D eigenvalue weighted by molar-refractivity contribution is 5.25. The zero-order valence-electron chi connectivity index (χ0n) is 9.57. The van der Waals surface area contributed by atoms with Gasteiger partial charge in [0.1, 0.15) is 0 Å². The molecule has 0 radical (unpaired) electrons. The molecule has 0 heterocycles. The second-order valence-electron chi connectivity index (χ2n) is 5.82. The van der Waals surface area contributed by atoms with Crippen molar-refractivity contribution in [2.75, 3.05) is 6.61 Å². The fourth-order valence-corrected chi connectivity index (χ4v) is 3.12. The van der Waals surface area contributed by atoms with Crippen LogP contribution in [0.2, 0.25) is 0 Å². The molecule has 0 aromatic carbocycles. The zero-order chi connectivity index (χ0) is 10.3. The third kappa shape index (κ3) is 2.14. The predicted molar refractivity (Wildman–Crippen MR) is 56.6 cm³/mol. The molecule has 1 nitrogen and oxygen atoms in total. The number of aliphatic hydroxyl groups excluding tert-OH is 1. The van der Waals surface area contributed by atoms with Crippen LogP contribution in [0.15, 0.2) is 11.1 Å². The minimum Gasteiger partial charge on any atom is -0.392 e. The topological polar surface area (TPSA) is 20.2 Å². The van der Waals surface area contributed by atoms with Crippen LogP contribution in [-0.2, 0) is 0 Å². The smallest absolute Gasteiger partial charge is 0.0649 e. The molecule has 0 aromatic rings. The second kappa shape index (κ2) is 3.13. The number of hydrogen-bond donors (Lipinski definition) is 1. The Morgan fingerprint density at radius 1 is 1.23 bits per heavy atom. The van der Waals surface area contributed by atoms with Gasteiger partial charge < -0.3 is 5.11 Å². The van der Waals surface area contributed by atoms with Crippen molar-refractivity contribution in [1.82, 2.24) is 0 Å². The first-order valence-corrected chi connectivity index (χ1v) is 5.08. The first-order valence-electron chi connectivity index (χ1n) is 5.08. The maximum Gasteiger partial charge on any atom is 0.0649 e. The van der Waals surface area contributed by atoms with Crippen molar-refractivity contribution < 1.29 is 5.11 Å². The fourth-order valence-electron chi connectivity index (χ4n) is 3.12. The van der Waals surface area contributed by atoms with Crippen molar-refractivity contribution in [1.29, 1.82) is 0 Å². The van der Waals surface area contributed by atoms with Gasteiger partial charge in [0.05, 0.1) is 6.61 Å². The molecule has 1 aliphatic carbocycles. The van der Waals surface area contributed by atoms with E-state index in [4.69, 9.17) is 0 Å². The Morgan fingerprint density at radius 2 is 1.77 bits per heavy atom. The molecule has 13 heavy (non-hydrogen) atoms. The average molecular weight is 182 g/mol. The van der Waals surface area contributed by atoms with Gasteiger partial charge in [-0.2, -0.15) is 0 Å². The van der Waals surface area contributed by atoms with Crippen LogP contribution in [0.3, 0.4) is 0 Å². The monoisotopic (exact) mass is 182 g/mol. The first-order chi connectivity index (χ1) is 5.78. The molecule has 76 valence electrons. The Kier molecular flexibility index (Phi) is 2.59. The van der Waals surface area contributed by atoms with Crippen LogP contribution in [0.1, 0.15) is 47.5 Å². The van der Waals surface area contributed by atoms with Gasteiger partial charge in [-0.1, -0.05) is 33.3 Å². The lowest BCUT2D eigenvalue weighted by Crippen LogP contribution is -2.32. The van der Waals surface area contributed by atoms with Crippen molar-refractivity contribution in [3.05, 3.63) is 11.1 Å². The molecule has 1 aliphatic rings. The summed E-state index contributed by atoms with van der Waals surface area (Å²) in [6, 6.07) is 0. The largest absolute Gasteiger partial charge is 0.392 e. The summed E-state index contributed by atoms with van der Waals surface area (Å²) in [7, 11) is 0. The van der Waals surface area contributed by atoms with Gasteiger partial charge in [-0.3, -0.25) is 0 Å². The molecule has 0 spiro atoms. The van der Waals surface area contributed by atoms with E-state index < -0.39 is 0 Å². The van der Waals surface area contributed by atoms with E-state index in [0.717, 1.165) is 6.42 Å². The summed E-state index contributed by atoms with van der Waals surface area (Å²) in [5.74, 6) is 0. The summed E-state index contributed by atoms with van der Waals surface area (Å²) in [4.78, 5) is 0. The minimum absolute atomic E-state index is 0.181. The molecular formula is C12H22O. The van der Waals surface area contributed by atoms with Gasteiger partial charge in [0.25, 0.3) is 0 Å². The van der Waals surface area contributed by atoms with Crippen LogP contribution in [0.5, 0.6) is 0 Å². The average Bonchev–Trinajstić information content (AvgIpc) is 1.79. The van der Waals surface area contributed by atoms with Gasteiger partial charge in [0.2, 0.25) is 0 Å². The Morgan fingerprint density at radius 3 is 2.15 bits per heavy atom. The van der Waals surface area contributed by atoms with Crippen LogP contribution in [-0.4, -0.2) is 11.7 Å². The van der Waals surface area contributed by atoms with Gasteiger partial charge in [-0.15, -0.1) is 0 Å². The molecule has 0 aliphatic heterocycles. The molecule has 0 fully saturated rings. The van der Waals surface area contributed by atoms with Gasteiger partial charge in [0, 0.05) is 0 Å². The van der Waals surface area contributed by atoms with Gasteiger partial charge in [-0.05, 0) is 36.2 Å². The Balaban J connectivity index is 3.05. The third-order valence-electron chi connectivity index (χ3n) is 3.15. The molecule has 0 amide bonds. The summed E-state index contributed by atoms with van der Waals surface area (Å²) in [6.07, 6.45) is 2.31. The predicted octanol–water partition coefficient (Wildman–Crippen LogP) is 3.14. The van der Waals surface area contributed by atoms with Crippen molar-refractivity contribution in [2.24, 2.45) is 10.8 Å². The van der Waals surface area contributed by atoms with E-state index in [1.807, 2.05) is 0 Å². The standard InChI is InChI=1S/C12H22O/c1-9-6-11(2,3)8-12(4,5)10(9)7-13/h13H,6-8H2,1-5H3. The lowest BCUT2D eigenvalue weighted by molar-refractivity contribution is 0.176. The van der Waals surface area contributed by atoms with E-state index in [2.05, 4.69) is 34.6 Å². The minimum atomic E-state index is 0.181. The van der Waals surface area contributed by atoms with Crippen molar-refractivity contribution in [2.45, 2.75) is 47.5 Å². The van der Waals surface area contributed by atoms with E-state index in [1.165, 1.54) is 17.6 Å². The maximum atomic E-state index is 9.31. The summed E-state index contributed by atoms with van der Waals surface area (Å²) in [5, 5.41) is 9.31. The van der Waals surface area contributed by atoms with Crippen LogP contribution in [0.4, 0.5) is 0 Å². The summed E-state index contributed by atoms with van der Waals surface area (Å²) >= 11 is 0. The Labute approximate surface area is 81.9 Å². The molecule has 0 unspecified atom stereocenters. The van der Waals surface area contributed by atoms with E-state index >= 15 is 0 Å². The van der Waals surface area contributed by atoms with Gasteiger partial charge in [-0.25, -0.2) is 0 Å². The summed E-state index contributed by atoms with van der Waals surface area (Å²) < 4.78 is 0. The molecular weight excluding hydrogens is 160 g/mol. The number of allylic oxidation sites excluding steroid dienone is 1. The lowest BCUT2D eigenvalue weighted by atomic mass is 9.63. The second-order valence-corrected chi connectivity index (χ2v) is 5.82. The van der Waals surface area contributed by atoms with Crippen molar-refractivity contribution >= 4 is 0 Å². The quantitative estimate of drug-likeness (QED) is 0.618. The van der Waals surface area contributed by atoms with Crippen molar-refractivity contribution in [3.8, 4) is 0 Å².